The summed E-state index contributed by atoms with van der Waals surface area (Å²) in [5, 5.41) is 9.94. The Morgan fingerprint density at radius 2 is 1.80 bits per heavy atom. The van der Waals surface area contributed by atoms with Crippen LogP contribution in [0.25, 0.3) is 0 Å². The summed E-state index contributed by atoms with van der Waals surface area (Å²) in [5.41, 5.74) is 6.99. The van der Waals surface area contributed by atoms with Crippen molar-refractivity contribution in [3.63, 3.8) is 0 Å². The molecule has 1 aliphatic rings. The number of sulfonamides is 1. The maximum Gasteiger partial charge on any atom is 0.245 e. The fraction of sp³-hybridized carbons (Fsp3) is 0.571. The Morgan fingerprint density at radius 1 is 1.25 bits per heavy atom. The Kier molecular flexibility index (Phi) is 3.83. The predicted octanol–water partition coefficient (Wildman–Crippen LogP) is 1.42. The van der Waals surface area contributed by atoms with Crippen LogP contribution in [0.4, 0.5) is 5.69 Å². The van der Waals surface area contributed by atoms with Crippen molar-refractivity contribution >= 4 is 15.7 Å². The average Bonchev–Trinajstić information content (AvgIpc) is 2.33. The first kappa shape index (κ1) is 15.3. The van der Waals surface area contributed by atoms with Crippen LogP contribution < -0.4 is 5.73 Å². The largest absolute Gasteiger partial charge is 0.398 e. The highest BCUT2D eigenvalue weighted by Crippen LogP contribution is 2.31. The van der Waals surface area contributed by atoms with Crippen LogP contribution in [0.5, 0.6) is 0 Å². The van der Waals surface area contributed by atoms with Gasteiger partial charge in [-0.05, 0) is 50.8 Å². The number of aryl methyl sites for hydroxylation is 1. The molecule has 0 aliphatic carbocycles. The molecule has 0 unspecified atom stereocenters. The summed E-state index contributed by atoms with van der Waals surface area (Å²) in [6, 6.07) is 3.46. The number of hydrogen-bond donors (Lipinski definition) is 2. The fourth-order valence-corrected chi connectivity index (χ4v) is 4.33. The van der Waals surface area contributed by atoms with Crippen molar-refractivity contribution in [2.24, 2.45) is 0 Å². The standard InChI is InChI=1S/C14H22N2O3S/c1-10-4-5-12(15)13(11(10)2)20(18,19)16-8-6-14(3,17)7-9-16/h4-5,17H,6-9,15H2,1-3H3. The van der Waals surface area contributed by atoms with E-state index in [1.165, 1.54) is 4.31 Å². The molecule has 1 aromatic rings. The highest BCUT2D eigenvalue weighted by molar-refractivity contribution is 7.89. The number of nitrogens with two attached hydrogens (primary N) is 1. The monoisotopic (exact) mass is 298 g/mol. The van der Waals surface area contributed by atoms with E-state index in [2.05, 4.69) is 0 Å². The van der Waals surface area contributed by atoms with E-state index in [0.717, 1.165) is 5.56 Å². The Morgan fingerprint density at radius 3 is 2.35 bits per heavy atom. The van der Waals surface area contributed by atoms with Crippen molar-refractivity contribution in [3.8, 4) is 0 Å². The van der Waals surface area contributed by atoms with E-state index in [-0.39, 0.29) is 10.6 Å². The number of piperidine rings is 1. The van der Waals surface area contributed by atoms with Gasteiger partial charge in [0.2, 0.25) is 10.0 Å². The number of nitrogens with zero attached hydrogens (tertiary/aromatic N) is 1. The van der Waals surface area contributed by atoms with Crippen molar-refractivity contribution in [1.29, 1.82) is 0 Å². The number of hydrogen-bond acceptors (Lipinski definition) is 4. The SMILES string of the molecule is Cc1ccc(N)c(S(=O)(=O)N2CCC(C)(O)CC2)c1C. The molecule has 0 spiro atoms. The van der Waals surface area contributed by atoms with Gasteiger partial charge in [0.05, 0.1) is 11.3 Å². The van der Waals surface area contributed by atoms with Gasteiger partial charge in [-0.2, -0.15) is 4.31 Å². The summed E-state index contributed by atoms with van der Waals surface area (Å²) in [6.45, 7) is 6.03. The third-order valence-corrected chi connectivity index (χ3v) is 6.21. The molecule has 1 saturated heterocycles. The minimum atomic E-state index is -3.60. The molecule has 3 N–H and O–H groups in total. The van der Waals surface area contributed by atoms with Gasteiger partial charge >= 0.3 is 0 Å². The van der Waals surface area contributed by atoms with Crippen LogP contribution in [0.1, 0.15) is 30.9 Å². The Hall–Kier alpha value is -1.11. The number of nitrogen functional groups attached to an aromatic ring is 1. The van der Waals surface area contributed by atoms with E-state index in [1.54, 1.807) is 19.9 Å². The molecular weight excluding hydrogens is 276 g/mol. The molecule has 1 aromatic carbocycles. The molecule has 0 amide bonds. The van der Waals surface area contributed by atoms with Crippen molar-refractivity contribution in [2.75, 3.05) is 18.8 Å². The zero-order valence-electron chi connectivity index (χ0n) is 12.2. The number of benzene rings is 1. The Labute approximate surface area is 120 Å². The average molecular weight is 298 g/mol. The second-order valence-electron chi connectivity index (χ2n) is 5.83. The lowest BCUT2D eigenvalue weighted by molar-refractivity contribution is 0.0126. The summed E-state index contributed by atoms with van der Waals surface area (Å²) in [4.78, 5) is 0.207. The van der Waals surface area contributed by atoms with Crippen LogP contribution in [-0.4, -0.2) is 36.5 Å². The summed E-state index contributed by atoms with van der Waals surface area (Å²) in [7, 11) is -3.60. The molecule has 1 fully saturated rings. The van der Waals surface area contributed by atoms with Gasteiger partial charge in [0.15, 0.2) is 0 Å². The molecule has 1 aliphatic heterocycles. The lowest BCUT2D eigenvalue weighted by atomic mass is 9.95. The zero-order valence-corrected chi connectivity index (χ0v) is 13.0. The number of aliphatic hydroxyl groups is 1. The summed E-state index contributed by atoms with van der Waals surface area (Å²) in [5.74, 6) is 0. The molecule has 20 heavy (non-hydrogen) atoms. The molecule has 0 radical (unpaired) electrons. The molecule has 0 aromatic heterocycles. The van der Waals surface area contributed by atoms with Gasteiger partial charge in [0.1, 0.15) is 4.90 Å². The third-order valence-electron chi connectivity index (χ3n) is 4.10. The van der Waals surface area contributed by atoms with E-state index >= 15 is 0 Å². The topological polar surface area (TPSA) is 83.6 Å². The molecule has 0 saturated carbocycles. The quantitative estimate of drug-likeness (QED) is 0.809. The van der Waals surface area contributed by atoms with Crippen LogP contribution in [0, 0.1) is 13.8 Å². The molecular formula is C14H22N2O3S. The molecule has 0 atom stereocenters. The van der Waals surface area contributed by atoms with E-state index in [1.807, 2.05) is 13.0 Å². The second-order valence-corrected chi connectivity index (χ2v) is 7.70. The third kappa shape index (κ3) is 2.68. The first-order chi connectivity index (χ1) is 9.15. The van der Waals surface area contributed by atoms with Crippen molar-refractivity contribution in [3.05, 3.63) is 23.3 Å². The smallest absolute Gasteiger partial charge is 0.245 e. The number of rotatable bonds is 2. The molecule has 0 bridgehead atoms. The van der Waals surface area contributed by atoms with Crippen molar-refractivity contribution < 1.29 is 13.5 Å². The van der Waals surface area contributed by atoms with Crippen molar-refractivity contribution in [2.45, 2.75) is 44.1 Å². The minimum absolute atomic E-state index is 0.207. The summed E-state index contributed by atoms with van der Waals surface area (Å²) in [6.07, 6.45) is 0.883. The van der Waals surface area contributed by atoms with Crippen LogP contribution in [-0.2, 0) is 10.0 Å². The first-order valence-electron chi connectivity index (χ1n) is 6.73. The van der Waals surface area contributed by atoms with E-state index in [9.17, 15) is 13.5 Å². The predicted molar refractivity (Wildman–Crippen MR) is 78.9 cm³/mol. The van der Waals surface area contributed by atoms with Gasteiger partial charge < -0.3 is 10.8 Å². The highest BCUT2D eigenvalue weighted by atomic mass is 32.2. The van der Waals surface area contributed by atoms with E-state index in [4.69, 9.17) is 5.73 Å². The van der Waals surface area contributed by atoms with E-state index < -0.39 is 15.6 Å². The maximum atomic E-state index is 12.8. The summed E-state index contributed by atoms with van der Waals surface area (Å²) < 4.78 is 26.9. The van der Waals surface area contributed by atoms with Crippen LogP contribution in [0.2, 0.25) is 0 Å². The van der Waals surface area contributed by atoms with E-state index in [0.29, 0.717) is 31.5 Å². The lowest BCUT2D eigenvalue weighted by Gasteiger charge is -2.35. The van der Waals surface area contributed by atoms with Crippen molar-refractivity contribution in [1.82, 2.24) is 4.31 Å². The summed E-state index contributed by atoms with van der Waals surface area (Å²) >= 11 is 0. The fourth-order valence-electron chi connectivity index (χ4n) is 2.49. The van der Waals surface area contributed by atoms with Crippen LogP contribution >= 0.6 is 0 Å². The molecule has 1 heterocycles. The minimum Gasteiger partial charge on any atom is -0.398 e. The molecule has 6 heteroatoms. The van der Waals surface area contributed by atoms with Gasteiger partial charge in [-0.3, -0.25) is 0 Å². The molecule has 2 rings (SSSR count). The Bertz CT molecular complexity index is 614. The van der Waals surface area contributed by atoms with Gasteiger partial charge in [-0.25, -0.2) is 8.42 Å². The van der Waals surface area contributed by atoms with Gasteiger partial charge in [0, 0.05) is 13.1 Å². The van der Waals surface area contributed by atoms with Gasteiger partial charge in [0.25, 0.3) is 0 Å². The zero-order chi connectivity index (χ0) is 15.1. The number of anilines is 1. The molecule has 5 nitrogen and oxygen atoms in total. The van der Waals surface area contributed by atoms with Gasteiger partial charge in [-0.1, -0.05) is 6.07 Å². The molecule has 112 valence electrons. The Balaban J connectivity index is 2.40. The normalized spacial score (nSPS) is 20.0. The highest BCUT2D eigenvalue weighted by Gasteiger charge is 2.35. The second kappa shape index (κ2) is 5.02. The van der Waals surface area contributed by atoms with Crippen LogP contribution in [0.15, 0.2) is 17.0 Å². The maximum absolute atomic E-state index is 12.8. The van der Waals surface area contributed by atoms with Gasteiger partial charge in [-0.15, -0.1) is 0 Å². The first-order valence-corrected chi connectivity index (χ1v) is 8.17. The lowest BCUT2D eigenvalue weighted by Crippen LogP contribution is -2.45. The van der Waals surface area contributed by atoms with Crippen LogP contribution in [0.3, 0.4) is 0 Å².